The minimum atomic E-state index is 0.110. The first-order chi connectivity index (χ1) is 9.16. The van der Waals surface area contributed by atoms with Crippen LogP contribution in [0.25, 0.3) is 0 Å². The smallest absolute Gasteiger partial charge is 0.0464 e. The van der Waals surface area contributed by atoms with Crippen LogP contribution >= 0.6 is 11.8 Å². The Labute approximate surface area is 119 Å². The molecule has 19 heavy (non-hydrogen) atoms. The van der Waals surface area contributed by atoms with Gasteiger partial charge in [-0.1, -0.05) is 35.9 Å². The lowest BCUT2D eigenvalue weighted by atomic mass is 10.1. The molecule has 2 rings (SSSR count). The molecule has 0 amide bonds. The molecular weight excluding hydrogens is 252 g/mol. The van der Waals surface area contributed by atoms with Gasteiger partial charge in [-0.15, -0.1) is 11.8 Å². The molecule has 1 aromatic carbocycles. The summed E-state index contributed by atoms with van der Waals surface area (Å²) in [6.45, 7) is 4.18. The average molecular weight is 272 g/mol. The summed E-state index contributed by atoms with van der Waals surface area (Å²) in [4.78, 5) is 4.19. The highest BCUT2D eigenvalue weighted by atomic mass is 32.2. The van der Waals surface area contributed by atoms with Gasteiger partial charge < -0.3 is 5.73 Å². The van der Waals surface area contributed by atoms with Gasteiger partial charge in [0.1, 0.15) is 0 Å². The van der Waals surface area contributed by atoms with Crippen molar-refractivity contribution in [3.05, 3.63) is 65.5 Å². The molecule has 1 heterocycles. The van der Waals surface area contributed by atoms with E-state index < -0.39 is 0 Å². The van der Waals surface area contributed by atoms with E-state index in [1.807, 2.05) is 24.0 Å². The van der Waals surface area contributed by atoms with Gasteiger partial charge in [0.25, 0.3) is 0 Å². The van der Waals surface area contributed by atoms with Crippen LogP contribution in [0.2, 0.25) is 0 Å². The first-order valence-corrected chi connectivity index (χ1v) is 7.54. The van der Waals surface area contributed by atoms with Crippen LogP contribution in [0.1, 0.15) is 28.9 Å². The van der Waals surface area contributed by atoms with E-state index >= 15 is 0 Å². The van der Waals surface area contributed by atoms with Crippen LogP contribution < -0.4 is 5.73 Å². The van der Waals surface area contributed by atoms with Crippen LogP contribution in [0.15, 0.2) is 48.8 Å². The molecule has 0 saturated carbocycles. The van der Waals surface area contributed by atoms with Gasteiger partial charge in [-0.25, -0.2) is 0 Å². The molecule has 0 aliphatic carbocycles. The first kappa shape index (κ1) is 14.1. The zero-order valence-electron chi connectivity index (χ0n) is 11.4. The second kappa shape index (κ2) is 6.73. The molecular formula is C16H20N2S. The monoisotopic (exact) mass is 272 g/mol. The number of benzene rings is 1. The zero-order chi connectivity index (χ0) is 13.7. The van der Waals surface area contributed by atoms with Crippen molar-refractivity contribution in [3.63, 3.8) is 0 Å². The van der Waals surface area contributed by atoms with E-state index in [0.717, 1.165) is 5.75 Å². The highest BCUT2D eigenvalue weighted by Crippen LogP contribution is 2.33. The molecule has 2 atom stereocenters. The fourth-order valence-corrected chi connectivity index (χ4v) is 3.27. The summed E-state index contributed by atoms with van der Waals surface area (Å²) in [6.07, 6.45) is 3.71. The number of aryl methyl sites for hydroxylation is 1. The number of hydrogen-bond acceptors (Lipinski definition) is 3. The van der Waals surface area contributed by atoms with Crippen LogP contribution in [0.4, 0.5) is 0 Å². The summed E-state index contributed by atoms with van der Waals surface area (Å²) in [7, 11) is 0. The number of thioether (sulfide) groups is 1. The van der Waals surface area contributed by atoms with Crippen LogP contribution in [-0.2, 0) is 5.75 Å². The summed E-state index contributed by atoms with van der Waals surface area (Å²) < 4.78 is 0. The SMILES string of the molecule is Cc1cccc(CSC(c2cccnc2)C(C)N)c1. The average Bonchev–Trinajstić information content (AvgIpc) is 2.40. The van der Waals surface area contributed by atoms with Crippen molar-refractivity contribution in [2.24, 2.45) is 5.73 Å². The molecule has 2 nitrogen and oxygen atoms in total. The van der Waals surface area contributed by atoms with E-state index in [4.69, 9.17) is 5.73 Å². The van der Waals surface area contributed by atoms with Gasteiger partial charge in [0.05, 0.1) is 0 Å². The maximum atomic E-state index is 6.11. The Bertz CT molecular complexity index is 511. The largest absolute Gasteiger partial charge is 0.327 e. The van der Waals surface area contributed by atoms with E-state index in [1.54, 1.807) is 6.20 Å². The molecule has 1 aromatic heterocycles. The Balaban J connectivity index is 2.06. The molecule has 0 aliphatic heterocycles. The van der Waals surface area contributed by atoms with E-state index in [9.17, 15) is 0 Å². The van der Waals surface area contributed by atoms with Gasteiger partial charge in [-0.05, 0) is 31.0 Å². The molecule has 2 unspecified atom stereocenters. The van der Waals surface area contributed by atoms with Gasteiger partial charge in [-0.2, -0.15) is 0 Å². The second-order valence-electron chi connectivity index (χ2n) is 4.87. The van der Waals surface area contributed by atoms with Crippen molar-refractivity contribution < 1.29 is 0 Å². The zero-order valence-corrected chi connectivity index (χ0v) is 12.2. The second-order valence-corrected chi connectivity index (χ2v) is 6.00. The van der Waals surface area contributed by atoms with Gasteiger partial charge >= 0.3 is 0 Å². The normalized spacial score (nSPS) is 14.1. The fraction of sp³-hybridized carbons (Fsp3) is 0.312. The molecule has 0 fully saturated rings. The van der Waals surface area contributed by atoms with Crippen molar-refractivity contribution in [1.82, 2.24) is 4.98 Å². The third-order valence-electron chi connectivity index (χ3n) is 3.00. The van der Waals surface area contributed by atoms with E-state index in [1.165, 1.54) is 16.7 Å². The molecule has 0 saturated heterocycles. The first-order valence-electron chi connectivity index (χ1n) is 6.49. The minimum Gasteiger partial charge on any atom is -0.327 e. The minimum absolute atomic E-state index is 0.110. The molecule has 0 radical (unpaired) electrons. The third kappa shape index (κ3) is 4.08. The molecule has 2 N–H and O–H groups in total. The Kier molecular flexibility index (Phi) is 5.00. The number of aromatic nitrogens is 1. The fourth-order valence-electron chi connectivity index (χ4n) is 2.08. The number of rotatable bonds is 5. The molecule has 0 aliphatic rings. The van der Waals surface area contributed by atoms with Gasteiger partial charge in [0.2, 0.25) is 0 Å². The molecule has 100 valence electrons. The van der Waals surface area contributed by atoms with Crippen LogP contribution in [0.5, 0.6) is 0 Å². The standard InChI is InChI=1S/C16H20N2S/c1-12-5-3-6-14(9-12)11-19-16(13(2)17)15-7-4-8-18-10-15/h3-10,13,16H,11,17H2,1-2H3. The number of hydrogen-bond donors (Lipinski definition) is 1. The summed E-state index contributed by atoms with van der Waals surface area (Å²) in [6, 6.07) is 12.8. The Morgan fingerprint density at radius 1 is 1.26 bits per heavy atom. The van der Waals surface area contributed by atoms with Gasteiger partial charge in [0.15, 0.2) is 0 Å². The predicted octanol–water partition coefficient (Wildman–Crippen LogP) is 3.71. The number of nitrogens with zero attached hydrogens (tertiary/aromatic N) is 1. The number of nitrogens with two attached hydrogens (primary N) is 1. The maximum absolute atomic E-state index is 6.11. The molecule has 3 heteroatoms. The lowest BCUT2D eigenvalue weighted by Gasteiger charge is -2.20. The topological polar surface area (TPSA) is 38.9 Å². The number of pyridine rings is 1. The van der Waals surface area contributed by atoms with E-state index in [2.05, 4.69) is 49.2 Å². The van der Waals surface area contributed by atoms with Crippen molar-refractivity contribution in [3.8, 4) is 0 Å². The molecule has 0 bridgehead atoms. The summed E-state index contributed by atoms with van der Waals surface area (Å²) in [5.74, 6) is 0.975. The highest BCUT2D eigenvalue weighted by Gasteiger charge is 2.16. The third-order valence-corrected chi connectivity index (χ3v) is 4.56. The Hall–Kier alpha value is -1.32. The lowest BCUT2D eigenvalue weighted by molar-refractivity contribution is 0.719. The van der Waals surface area contributed by atoms with Crippen molar-refractivity contribution in [2.45, 2.75) is 30.9 Å². The summed E-state index contributed by atoms with van der Waals surface area (Å²) >= 11 is 1.88. The van der Waals surface area contributed by atoms with Crippen molar-refractivity contribution in [1.29, 1.82) is 0 Å². The lowest BCUT2D eigenvalue weighted by Crippen LogP contribution is -2.22. The highest BCUT2D eigenvalue weighted by molar-refractivity contribution is 7.98. The summed E-state index contributed by atoms with van der Waals surface area (Å²) in [5, 5.41) is 0.286. The molecule has 2 aromatic rings. The van der Waals surface area contributed by atoms with Crippen LogP contribution in [0.3, 0.4) is 0 Å². The maximum Gasteiger partial charge on any atom is 0.0464 e. The van der Waals surface area contributed by atoms with Crippen LogP contribution in [-0.4, -0.2) is 11.0 Å². The Morgan fingerprint density at radius 2 is 2.11 bits per heavy atom. The quantitative estimate of drug-likeness (QED) is 0.901. The van der Waals surface area contributed by atoms with Gasteiger partial charge in [0, 0.05) is 29.4 Å². The van der Waals surface area contributed by atoms with Crippen molar-refractivity contribution in [2.75, 3.05) is 0 Å². The molecule has 0 spiro atoms. The van der Waals surface area contributed by atoms with E-state index in [0.29, 0.717) is 0 Å². The Morgan fingerprint density at radius 3 is 2.74 bits per heavy atom. The summed E-state index contributed by atoms with van der Waals surface area (Å²) in [5.41, 5.74) is 9.97. The van der Waals surface area contributed by atoms with E-state index in [-0.39, 0.29) is 11.3 Å². The predicted molar refractivity (Wildman–Crippen MR) is 83.1 cm³/mol. The van der Waals surface area contributed by atoms with Crippen molar-refractivity contribution >= 4 is 11.8 Å². The van der Waals surface area contributed by atoms with Crippen LogP contribution in [0, 0.1) is 6.92 Å². The van der Waals surface area contributed by atoms with Gasteiger partial charge in [-0.3, -0.25) is 4.98 Å².